The van der Waals surface area contributed by atoms with Crippen molar-refractivity contribution in [2.45, 2.75) is 24.5 Å². The maximum atomic E-state index is 9.99. The minimum atomic E-state index is -0.372. The van der Waals surface area contributed by atoms with E-state index in [0.717, 1.165) is 18.5 Å². The highest BCUT2D eigenvalue weighted by Gasteiger charge is 2.32. The van der Waals surface area contributed by atoms with Gasteiger partial charge >= 0.3 is 0 Å². The Balaban J connectivity index is 1.96. The van der Waals surface area contributed by atoms with Crippen molar-refractivity contribution in [3.63, 3.8) is 0 Å². The Hall–Kier alpha value is -1.42. The number of aliphatic hydroxyl groups is 2. The van der Waals surface area contributed by atoms with E-state index in [4.69, 9.17) is 0 Å². The predicted molar refractivity (Wildman–Crippen MR) is 76.2 cm³/mol. The van der Waals surface area contributed by atoms with E-state index < -0.39 is 0 Å². The van der Waals surface area contributed by atoms with Crippen LogP contribution in [0.2, 0.25) is 0 Å². The summed E-state index contributed by atoms with van der Waals surface area (Å²) >= 11 is 0. The van der Waals surface area contributed by atoms with Gasteiger partial charge in [0, 0.05) is 12.0 Å². The van der Waals surface area contributed by atoms with E-state index in [1.165, 1.54) is 10.8 Å². The summed E-state index contributed by atoms with van der Waals surface area (Å²) in [5, 5.41) is 25.3. The Morgan fingerprint density at radius 1 is 1.16 bits per heavy atom. The standard InChI is InChI=1S/C16H19NO2/c18-10-14(16-15(19)7-8-17-16)13-6-5-11-3-1-2-4-12(11)9-13/h1-6,9,14-19H,7-8,10H2/t14?,15?,16-/m1/s1. The minimum absolute atomic E-state index is 0.0487. The van der Waals surface area contributed by atoms with E-state index in [2.05, 4.69) is 35.6 Å². The van der Waals surface area contributed by atoms with Crippen molar-refractivity contribution in [3.05, 3.63) is 48.0 Å². The Morgan fingerprint density at radius 3 is 2.63 bits per heavy atom. The van der Waals surface area contributed by atoms with Crippen LogP contribution in [0.15, 0.2) is 42.5 Å². The van der Waals surface area contributed by atoms with Gasteiger partial charge in [0.1, 0.15) is 0 Å². The highest BCUT2D eigenvalue weighted by molar-refractivity contribution is 5.83. The first-order valence-corrected chi connectivity index (χ1v) is 6.80. The van der Waals surface area contributed by atoms with Gasteiger partial charge in [-0.2, -0.15) is 0 Å². The van der Waals surface area contributed by atoms with Crippen molar-refractivity contribution >= 4 is 10.8 Å². The van der Waals surface area contributed by atoms with Gasteiger partial charge in [-0.3, -0.25) is 0 Å². The average Bonchev–Trinajstić information content (AvgIpc) is 2.86. The van der Waals surface area contributed by atoms with Gasteiger partial charge in [-0.1, -0.05) is 42.5 Å². The fraction of sp³-hybridized carbons (Fsp3) is 0.375. The third kappa shape index (κ3) is 2.37. The first-order valence-electron chi connectivity index (χ1n) is 6.80. The molecular weight excluding hydrogens is 238 g/mol. The number of nitrogens with one attached hydrogen (secondary N) is 1. The monoisotopic (exact) mass is 257 g/mol. The van der Waals surface area contributed by atoms with Crippen LogP contribution in [0.3, 0.4) is 0 Å². The van der Waals surface area contributed by atoms with E-state index in [0.29, 0.717) is 0 Å². The SMILES string of the molecule is OCC(c1ccc2ccccc2c1)[C@H]1NCCC1O. The summed E-state index contributed by atoms with van der Waals surface area (Å²) in [4.78, 5) is 0. The summed E-state index contributed by atoms with van der Waals surface area (Å²) < 4.78 is 0. The zero-order valence-corrected chi connectivity index (χ0v) is 10.8. The van der Waals surface area contributed by atoms with Gasteiger partial charge in [0.2, 0.25) is 0 Å². The molecule has 1 aliphatic heterocycles. The van der Waals surface area contributed by atoms with Crippen molar-refractivity contribution in [2.75, 3.05) is 13.2 Å². The van der Waals surface area contributed by atoms with E-state index in [1.807, 2.05) is 12.1 Å². The van der Waals surface area contributed by atoms with Gasteiger partial charge in [-0.15, -0.1) is 0 Å². The molecule has 1 saturated heterocycles. The molecule has 3 N–H and O–H groups in total. The normalized spacial score (nSPS) is 24.7. The molecule has 2 aromatic rings. The second kappa shape index (κ2) is 5.29. The first kappa shape index (κ1) is 12.6. The molecule has 3 nitrogen and oxygen atoms in total. The number of rotatable bonds is 3. The smallest absolute Gasteiger partial charge is 0.0712 e. The van der Waals surface area contributed by atoms with E-state index in [-0.39, 0.29) is 24.7 Å². The van der Waals surface area contributed by atoms with Gasteiger partial charge in [-0.05, 0) is 29.3 Å². The lowest BCUT2D eigenvalue weighted by molar-refractivity contribution is 0.127. The summed E-state index contributed by atoms with van der Waals surface area (Å²) in [6.45, 7) is 0.864. The first-order chi connectivity index (χ1) is 9.29. The Labute approximate surface area is 112 Å². The Kier molecular flexibility index (Phi) is 3.51. The Morgan fingerprint density at radius 2 is 1.95 bits per heavy atom. The molecule has 0 aromatic heterocycles. The lowest BCUT2D eigenvalue weighted by atomic mass is 9.88. The van der Waals surface area contributed by atoms with E-state index in [9.17, 15) is 10.2 Å². The lowest BCUT2D eigenvalue weighted by Gasteiger charge is -2.25. The van der Waals surface area contributed by atoms with Gasteiger partial charge < -0.3 is 15.5 Å². The number of aliphatic hydroxyl groups excluding tert-OH is 2. The van der Waals surface area contributed by atoms with Crippen LogP contribution in [0.4, 0.5) is 0 Å². The van der Waals surface area contributed by atoms with Crippen LogP contribution in [0.5, 0.6) is 0 Å². The van der Waals surface area contributed by atoms with Crippen molar-refractivity contribution < 1.29 is 10.2 Å². The predicted octanol–water partition coefficient (Wildman–Crippen LogP) is 1.64. The fourth-order valence-electron chi connectivity index (χ4n) is 2.99. The van der Waals surface area contributed by atoms with Gasteiger partial charge in [-0.25, -0.2) is 0 Å². The third-order valence-electron chi connectivity index (χ3n) is 4.07. The molecule has 0 amide bonds. The molecule has 1 fully saturated rings. The molecule has 0 bridgehead atoms. The van der Waals surface area contributed by atoms with Crippen molar-refractivity contribution in [2.24, 2.45) is 0 Å². The molecule has 3 rings (SSSR count). The summed E-state index contributed by atoms with van der Waals surface area (Å²) in [6.07, 6.45) is 0.387. The molecule has 2 unspecified atom stereocenters. The van der Waals surface area contributed by atoms with Crippen LogP contribution in [-0.4, -0.2) is 35.5 Å². The Bertz CT molecular complexity index is 569. The maximum Gasteiger partial charge on any atom is 0.0712 e. The minimum Gasteiger partial charge on any atom is -0.396 e. The van der Waals surface area contributed by atoms with Crippen molar-refractivity contribution in [1.82, 2.24) is 5.32 Å². The van der Waals surface area contributed by atoms with Crippen LogP contribution < -0.4 is 5.32 Å². The van der Waals surface area contributed by atoms with Gasteiger partial charge in [0.25, 0.3) is 0 Å². The summed E-state index contributed by atoms with van der Waals surface area (Å²) in [5.41, 5.74) is 1.08. The second-order valence-corrected chi connectivity index (χ2v) is 5.23. The van der Waals surface area contributed by atoms with Crippen LogP contribution in [0.1, 0.15) is 17.9 Å². The molecule has 1 aliphatic rings. The summed E-state index contributed by atoms with van der Waals surface area (Å²) in [7, 11) is 0. The van der Waals surface area contributed by atoms with E-state index in [1.54, 1.807) is 0 Å². The molecule has 0 aliphatic carbocycles. The topological polar surface area (TPSA) is 52.5 Å². The number of fused-ring (bicyclic) bond motifs is 1. The number of hydrogen-bond acceptors (Lipinski definition) is 3. The van der Waals surface area contributed by atoms with Crippen LogP contribution in [0, 0.1) is 0 Å². The lowest BCUT2D eigenvalue weighted by Crippen LogP contribution is -2.38. The molecule has 3 atom stereocenters. The number of benzene rings is 2. The summed E-state index contributed by atoms with van der Waals surface area (Å²) in [6, 6.07) is 14.4. The largest absolute Gasteiger partial charge is 0.396 e. The van der Waals surface area contributed by atoms with Crippen molar-refractivity contribution in [1.29, 1.82) is 0 Å². The molecule has 1 heterocycles. The van der Waals surface area contributed by atoms with Crippen LogP contribution in [0.25, 0.3) is 10.8 Å². The molecule has 0 radical (unpaired) electrons. The second-order valence-electron chi connectivity index (χ2n) is 5.23. The molecule has 19 heavy (non-hydrogen) atoms. The van der Waals surface area contributed by atoms with Crippen molar-refractivity contribution in [3.8, 4) is 0 Å². The van der Waals surface area contributed by atoms with Crippen LogP contribution in [-0.2, 0) is 0 Å². The van der Waals surface area contributed by atoms with Gasteiger partial charge in [0.15, 0.2) is 0 Å². The molecule has 0 spiro atoms. The third-order valence-corrected chi connectivity index (χ3v) is 4.07. The fourth-order valence-corrected chi connectivity index (χ4v) is 2.99. The zero-order chi connectivity index (χ0) is 13.2. The average molecular weight is 257 g/mol. The highest BCUT2D eigenvalue weighted by atomic mass is 16.3. The summed E-state index contributed by atoms with van der Waals surface area (Å²) in [5.74, 6) is -0.0536. The maximum absolute atomic E-state index is 9.99. The molecule has 2 aromatic carbocycles. The molecule has 3 heteroatoms. The number of hydrogen-bond donors (Lipinski definition) is 3. The highest BCUT2D eigenvalue weighted by Crippen LogP contribution is 2.28. The van der Waals surface area contributed by atoms with Crippen LogP contribution >= 0.6 is 0 Å². The quantitative estimate of drug-likeness (QED) is 0.783. The molecule has 0 saturated carbocycles. The van der Waals surface area contributed by atoms with Gasteiger partial charge in [0.05, 0.1) is 12.7 Å². The molecular formula is C16H19NO2. The zero-order valence-electron chi connectivity index (χ0n) is 10.8. The molecule has 100 valence electrons. The van der Waals surface area contributed by atoms with E-state index >= 15 is 0 Å².